The standard InChI is InChI=1S/C17H12ClN5O4/c1-9-15(2)26-13(10-3-4-11(18)12(5-10)23(24)25)16(6-19,7-20)17(9,8-21)14(22)27-15/h3-5,9,13,22H,1-2H3. The smallest absolute Gasteiger partial charge is 0.288 e. The van der Waals surface area contributed by atoms with Crippen molar-refractivity contribution in [2.24, 2.45) is 16.7 Å². The van der Waals surface area contributed by atoms with Gasteiger partial charge < -0.3 is 9.47 Å². The van der Waals surface area contributed by atoms with Crippen molar-refractivity contribution in [3.05, 3.63) is 38.9 Å². The number of fused-ring (bicyclic) bond motifs is 2. The number of ether oxygens (including phenoxy) is 2. The summed E-state index contributed by atoms with van der Waals surface area (Å²) < 4.78 is 11.4. The third kappa shape index (κ3) is 2.03. The highest BCUT2D eigenvalue weighted by molar-refractivity contribution is 6.32. The van der Waals surface area contributed by atoms with Gasteiger partial charge in [-0.15, -0.1) is 0 Å². The third-order valence-electron chi connectivity index (χ3n) is 5.46. The molecule has 1 aromatic carbocycles. The van der Waals surface area contributed by atoms with Gasteiger partial charge in [0.25, 0.3) is 5.69 Å². The minimum absolute atomic E-state index is 0.116. The van der Waals surface area contributed by atoms with Gasteiger partial charge in [0.1, 0.15) is 11.1 Å². The maximum Gasteiger partial charge on any atom is 0.288 e. The lowest BCUT2D eigenvalue weighted by atomic mass is 9.54. The molecule has 2 aliphatic rings. The van der Waals surface area contributed by atoms with Crippen molar-refractivity contribution in [2.75, 3.05) is 0 Å². The van der Waals surface area contributed by atoms with E-state index in [1.807, 2.05) is 18.2 Å². The Bertz CT molecular complexity index is 992. The second kappa shape index (κ2) is 5.65. The molecule has 1 aromatic rings. The first-order chi connectivity index (χ1) is 12.6. The average Bonchev–Trinajstić information content (AvgIpc) is 2.77. The van der Waals surface area contributed by atoms with Crippen LogP contribution in [0.4, 0.5) is 5.69 Å². The minimum atomic E-state index is -2.16. The van der Waals surface area contributed by atoms with Gasteiger partial charge in [0.05, 0.1) is 29.0 Å². The van der Waals surface area contributed by atoms with Crippen LogP contribution >= 0.6 is 11.6 Å². The van der Waals surface area contributed by atoms with Crippen molar-refractivity contribution in [1.82, 2.24) is 0 Å². The van der Waals surface area contributed by atoms with E-state index in [1.165, 1.54) is 19.1 Å². The van der Waals surface area contributed by atoms with Crippen molar-refractivity contribution < 1.29 is 14.4 Å². The highest BCUT2D eigenvalue weighted by atomic mass is 35.5. The number of nitro groups is 1. The van der Waals surface area contributed by atoms with E-state index in [4.69, 9.17) is 26.5 Å². The zero-order chi connectivity index (χ0) is 20.2. The van der Waals surface area contributed by atoms with Gasteiger partial charge >= 0.3 is 0 Å². The molecule has 0 saturated carbocycles. The summed E-state index contributed by atoms with van der Waals surface area (Å²) in [7, 11) is 0. The summed E-state index contributed by atoms with van der Waals surface area (Å²) in [6.07, 6.45) is -1.37. The van der Waals surface area contributed by atoms with Gasteiger partial charge in [-0.05, 0) is 11.6 Å². The molecular weight excluding hydrogens is 374 g/mol. The van der Waals surface area contributed by atoms with Crippen molar-refractivity contribution in [3.8, 4) is 18.2 Å². The molecule has 0 aromatic heterocycles. The largest absolute Gasteiger partial charge is 0.448 e. The molecule has 0 aliphatic carbocycles. The first-order valence-corrected chi connectivity index (χ1v) is 8.14. The van der Waals surface area contributed by atoms with Gasteiger partial charge in [-0.2, -0.15) is 15.8 Å². The number of nitrogens with zero attached hydrogens (tertiary/aromatic N) is 4. The van der Waals surface area contributed by atoms with Crippen LogP contribution in [0.25, 0.3) is 0 Å². The van der Waals surface area contributed by atoms with Gasteiger partial charge in [-0.1, -0.05) is 24.6 Å². The number of hydrogen-bond donors (Lipinski definition) is 1. The maximum atomic E-state index is 11.2. The molecular formula is C17H12ClN5O4. The van der Waals surface area contributed by atoms with Crippen molar-refractivity contribution in [3.63, 3.8) is 0 Å². The topological polar surface area (TPSA) is 157 Å². The zero-order valence-corrected chi connectivity index (χ0v) is 14.9. The predicted molar refractivity (Wildman–Crippen MR) is 90.0 cm³/mol. The fourth-order valence-corrected chi connectivity index (χ4v) is 4.03. The fourth-order valence-electron chi connectivity index (χ4n) is 3.84. The molecule has 4 atom stereocenters. The van der Waals surface area contributed by atoms with Gasteiger partial charge in [-0.25, -0.2) is 0 Å². The summed E-state index contributed by atoms with van der Waals surface area (Å²) in [5.41, 5.74) is -4.37. The van der Waals surface area contributed by atoms with E-state index in [1.54, 1.807) is 6.92 Å². The third-order valence-corrected chi connectivity index (χ3v) is 5.78. The van der Waals surface area contributed by atoms with Gasteiger partial charge in [-0.3, -0.25) is 15.5 Å². The van der Waals surface area contributed by atoms with E-state index in [9.17, 15) is 25.9 Å². The first-order valence-electron chi connectivity index (χ1n) is 7.77. The number of nitrogens with one attached hydrogen (secondary N) is 1. The summed E-state index contributed by atoms with van der Waals surface area (Å²) in [6.45, 7) is 3.07. The van der Waals surface area contributed by atoms with E-state index in [0.717, 1.165) is 6.07 Å². The Kier molecular flexibility index (Phi) is 3.89. The van der Waals surface area contributed by atoms with Crippen LogP contribution in [0.3, 0.4) is 0 Å². The van der Waals surface area contributed by atoms with Crippen LogP contribution in [-0.2, 0) is 9.47 Å². The molecule has 9 nitrogen and oxygen atoms in total. The lowest BCUT2D eigenvalue weighted by Crippen LogP contribution is -2.57. The Morgan fingerprint density at radius 1 is 1.30 bits per heavy atom. The van der Waals surface area contributed by atoms with Crippen LogP contribution in [-0.4, -0.2) is 16.6 Å². The quantitative estimate of drug-likeness (QED) is 0.604. The fraction of sp³-hybridized carbons (Fsp3) is 0.412. The summed E-state index contributed by atoms with van der Waals surface area (Å²) in [4.78, 5) is 10.5. The lowest BCUT2D eigenvalue weighted by Gasteiger charge is -2.47. The highest BCUT2D eigenvalue weighted by Crippen LogP contribution is 2.66. The van der Waals surface area contributed by atoms with Crippen molar-refractivity contribution >= 4 is 23.2 Å². The van der Waals surface area contributed by atoms with Crippen LogP contribution in [0, 0.1) is 66.3 Å². The average molecular weight is 386 g/mol. The van der Waals surface area contributed by atoms with Crippen LogP contribution in [0.1, 0.15) is 25.5 Å². The molecule has 0 amide bonds. The monoisotopic (exact) mass is 385 g/mol. The number of rotatable bonds is 2. The van der Waals surface area contributed by atoms with Gasteiger partial charge in [0.15, 0.2) is 5.41 Å². The predicted octanol–water partition coefficient (Wildman–Crippen LogP) is 3.22. The van der Waals surface area contributed by atoms with Crippen molar-refractivity contribution in [2.45, 2.75) is 25.7 Å². The molecule has 3 rings (SSSR count). The molecule has 2 heterocycles. The van der Waals surface area contributed by atoms with Gasteiger partial charge in [0, 0.05) is 13.0 Å². The number of nitro benzene ring substituents is 1. The molecule has 2 bridgehead atoms. The Morgan fingerprint density at radius 3 is 2.44 bits per heavy atom. The molecule has 2 aliphatic heterocycles. The molecule has 10 heteroatoms. The summed E-state index contributed by atoms with van der Waals surface area (Å²) in [5.74, 6) is -2.79. The van der Waals surface area contributed by atoms with Crippen LogP contribution in [0.5, 0.6) is 0 Å². The van der Waals surface area contributed by atoms with E-state index in [0.29, 0.717) is 0 Å². The molecule has 4 unspecified atom stereocenters. The van der Waals surface area contributed by atoms with Gasteiger partial charge in [0.2, 0.25) is 17.1 Å². The van der Waals surface area contributed by atoms with Crippen LogP contribution in [0.2, 0.25) is 5.02 Å². The summed E-state index contributed by atoms with van der Waals surface area (Å²) >= 11 is 5.84. The summed E-state index contributed by atoms with van der Waals surface area (Å²) in [6, 6.07) is 9.37. The number of hydrogen-bond acceptors (Lipinski definition) is 8. The Labute approximate surface area is 158 Å². The molecule has 2 saturated heterocycles. The molecule has 136 valence electrons. The maximum absolute atomic E-state index is 11.2. The number of halogens is 1. The van der Waals surface area contributed by atoms with Crippen molar-refractivity contribution in [1.29, 1.82) is 21.2 Å². The number of benzene rings is 1. The SMILES string of the molecule is CC1C2(C)OC(=N)C1(C#N)C(C#N)(C#N)C(c1ccc(Cl)c([N+](=O)[O-])c1)O2. The lowest BCUT2D eigenvalue weighted by molar-refractivity contribution is -0.384. The van der Waals surface area contributed by atoms with E-state index < -0.39 is 45.1 Å². The Hall–Kier alpha value is -3.19. The van der Waals surface area contributed by atoms with E-state index in [2.05, 4.69) is 0 Å². The molecule has 27 heavy (non-hydrogen) atoms. The van der Waals surface area contributed by atoms with Crippen LogP contribution < -0.4 is 0 Å². The highest BCUT2D eigenvalue weighted by Gasteiger charge is 2.78. The molecule has 1 N–H and O–H groups in total. The molecule has 0 radical (unpaired) electrons. The normalized spacial score (nSPS) is 33.3. The summed E-state index contributed by atoms with van der Waals surface area (Å²) in [5, 5.41) is 49.1. The van der Waals surface area contributed by atoms with E-state index >= 15 is 0 Å². The second-order valence-corrected chi connectivity index (χ2v) is 6.99. The molecule has 0 spiro atoms. The molecule has 2 fully saturated rings. The van der Waals surface area contributed by atoms with Crippen LogP contribution in [0.15, 0.2) is 18.2 Å². The minimum Gasteiger partial charge on any atom is -0.448 e. The second-order valence-electron chi connectivity index (χ2n) is 6.59. The zero-order valence-electron chi connectivity index (χ0n) is 14.2. The Balaban J connectivity index is 2.32. The Morgan fingerprint density at radius 2 is 1.93 bits per heavy atom. The number of nitriles is 3. The van der Waals surface area contributed by atoms with E-state index in [-0.39, 0.29) is 10.6 Å². The first kappa shape index (κ1) is 18.6.